The predicted molar refractivity (Wildman–Crippen MR) is 109 cm³/mol. The second-order valence-corrected chi connectivity index (χ2v) is 7.15. The molecule has 0 aromatic carbocycles. The lowest BCUT2D eigenvalue weighted by atomic mass is 10.1. The molecule has 8 nitrogen and oxygen atoms in total. The zero-order chi connectivity index (χ0) is 21.4. The number of hydrogen-bond acceptors (Lipinski definition) is 6. The van der Waals surface area contributed by atoms with E-state index in [0.717, 1.165) is 29.9 Å². The number of nitrogens with one attached hydrogen (secondary N) is 2. The van der Waals surface area contributed by atoms with Crippen molar-refractivity contribution in [3.8, 4) is 6.07 Å². The number of nitrogens with zero attached hydrogens (tertiary/aromatic N) is 2. The minimum atomic E-state index is -0.910. The number of rotatable bonds is 7. The normalized spacial score (nSPS) is 10.9. The summed E-state index contributed by atoms with van der Waals surface area (Å²) in [4.78, 5) is 36.1. The third-order valence-electron chi connectivity index (χ3n) is 4.09. The Balaban J connectivity index is 1.93. The maximum Gasteiger partial charge on any atom is 0.349 e. The zero-order valence-corrected chi connectivity index (χ0v) is 17.3. The largest absolute Gasteiger partial charge is 0.451 e. The highest BCUT2D eigenvalue weighted by molar-refractivity contribution is 7.12. The maximum atomic E-state index is 12.2. The number of thiophene rings is 1. The van der Waals surface area contributed by atoms with Crippen LogP contribution in [0.25, 0.3) is 6.08 Å². The molecule has 0 unspecified atom stereocenters. The number of aryl methyl sites for hydroxylation is 1. The smallest absolute Gasteiger partial charge is 0.349 e. The second kappa shape index (κ2) is 10.2. The van der Waals surface area contributed by atoms with Gasteiger partial charge in [-0.25, -0.2) is 4.79 Å². The molecule has 0 saturated carbocycles. The standard InChI is InChI=1S/C20H22N4O4S/c1-4-7-24-13(2)9-15(14(24)3)10-16(11-21)20(27)28-12-18(25)22-23-19(26)17-6-5-8-29-17/h5-6,8-10H,4,7,12H2,1-3H3,(H,22,25)(H,23,26)/b16-10+. The van der Waals surface area contributed by atoms with Gasteiger partial charge in [-0.15, -0.1) is 11.3 Å². The topological polar surface area (TPSA) is 113 Å². The molecule has 0 fully saturated rings. The Morgan fingerprint density at radius 3 is 2.69 bits per heavy atom. The minimum Gasteiger partial charge on any atom is -0.451 e. The van der Waals surface area contributed by atoms with Crippen LogP contribution in [-0.2, 0) is 20.9 Å². The molecule has 9 heteroatoms. The fraction of sp³-hybridized carbons (Fsp3) is 0.300. The highest BCUT2D eigenvalue weighted by Crippen LogP contribution is 2.19. The monoisotopic (exact) mass is 414 g/mol. The van der Waals surface area contributed by atoms with Crippen LogP contribution in [-0.4, -0.2) is 29.0 Å². The van der Waals surface area contributed by atoms with Gasteiger partial charge in [0.05, 0.1) is 4.88 Å². The Morgan fingerprint density at radius 2 is 2.07 bits per heavy atom. The van der Waals surface area contributed by atoms with Crippen LogP contribution in [0.15, 0.2) is 29.2 Å². The van der Waals surface area contributed by atoms with E-state index in [0.29, 0.717) is 4.88 Å². The Kier molecular flexibility index (Phi) is 7.74. The van der Waals surface area contributed by atoms with Crippen LogP contribution >= 0.6 is 11.3 Å². The first-order valence-electron chi connectivity index (χ1n) is 8.95. The van der Waals surface area contributed by atoms with Crippen molar-refractivity contribution in [3.63, 3.8) is 0 Å². The molecule has 0 aliphatic heterocycles. The summed E-state index contributed by atoms with van der Waals surface area (Å²) in [6.45, 7) is 6.16. The quantitative estimate of drug-likeness (QED) is 0.313. The van der Waals surface area contributed by atoms with Crippen molar-refractivity contribution in [2.24, 2.45) is 0 Å². The van der Waals surface area contributed by atoms with E-state index in [1.54, 1.807) is 17.5 Å². The molecule has 2 aromatic heterocycles. The van der Waals surface area contributed by atoms with Crippen molar-refractivity contribution in [3.05, 3.63) is 51.0 Å². The van der Waals surface area contributed by atoms with E-state index >= 15 is 0 Å². The minimum absolute atomic E-state index is 0.211. The lowest BCUT2D eigenvalue weighted by molar-refractivity contribution is -0.144. The van der Waals surface area contributed by atoms with Crippen molar-refractivity contribution in [1.82, 2.24) is 15.4 Å². The summed E-state index contributed by atoms with van der Waals surface area (Å²) in [7, 11) is 0. The maximum absolute atomic E-state index is 12.2. The lowest BCUT2D eigenvalue weighted by Gasteiger charge is -2.08. The van der Waals surface area contributed by atoms with Gasteiger partial charge in [0.1, 0.15) is 11.6 Å². The fourth-order valence-corrected chi connectivity index (χ4v) is 3.29. The number of amides is 2. The molecular formula is C20H22N4O4S. The number of esters is 1. The van der Waals surface area contributed by atoms with Crippen LogP contribution in [0.5, 0.6) is 0 Å². The zero-order valence-electron chi connectivity index (χ0n) is 16.4. The number of hydrazine groups is 1. The van der Waals surface area contributed by atoms with Gasteiger partial charge in [0.15, 0.2) is 6.61 Å². The van der Waals surface area contributed by atoms with Gasteiger partial charge in [0.25, 0.3) is 11.8 Å². The summed E-state index contributed by atoms with van der Waals surface area (Å²) in [5, 5.41) is 11.0. The van der Waals surface area contributed by atoms with Crippen molar-refractivity contribution in [2.75, 3.05) is 6.61 Å². The van der Waals surface area contributed by atoms with Crippen LogP contribution < -0.4 is 10.9 Å². The first-order valence-corrected chi connectivity index (χ1v) is 9.83. The van der Waals surface area contributed by atoms with Crippen molar-refractivity contribution >= 4 is 35.2 Å². The first-order chi connectivity index (χ1) is 13.9. The van der Waals surface area contributed by atoms with E-state index in [4.69, 9.17) is 4.74 Å². The molecule has 152 valence electrons. The van der Waals surface area contributed by atoms with E-state index in [2.05, 4.69) is 22.3 Å². The van der Waals surface area contributed by atoms with Gasteiger partial charge in [0, 0.05) is 17.9 Å². The SMILES string of the molecule is CCCn1c(C)cc(/C=C(\C#N)C(=O)OCC(=O)NNC(=O)c2cccs2)c1C. The molecule has 2 heterocycles. The molecule has 2 aromatic rings. The Bertz CT molecular complexity index is 968. The van der Waals surface area contributed by atoms with E-state index in [-0.39, 0.29) is 5.57 Å². The van der Waals surface area contributed by atoms with Gasteiger partial charge in [-0.1, -0.05) is 13.0 Å². The van der Waals surface area contributed by atoms with Gasteiger partial charge in [0.2, 0.25) is 0 Å². The molecule has 0 radical (unpaired) electrons. The van der Waals surface area contributed by atoms with Crippen LogP contribution in [0, 0.1) is 25.2 Å². The van der Waals surface area contributed by atoms with E-state index < -0.39 is 24.4 Å². The number of hydrogen-bond donors (Lipinski definition) is 2. The molecule has 0 spiro atoms. The van der Waals surface area contributed by atoms with Gasteiger partial charge in [-0.3, -0.25) is 20.4 Å². The lowest BCUT2D eigenvalue weighted by Crippen LogP contribution is -2.43. The molecule has 2 rings (SSSR count). The fourth-order valence-electron chi connectivity index (χ4n) is 2.67. The van der Waals surface area contributed by atoms with Crippen LogP contribution in [0.1, 0.15) is 40.0 Å². The van der Waals surface area contributed by atoms with Crippen molar-refractivity contribution < 1.29 is 19.1 Å². The summed E-state index contributed by atoms with van der Waals surface area (Å²) in [6, 6.07) is 7.01. The highest BCUT2D eigenvalue weighted by Gasteiger charge is 2.16. The van der Waals surface area contributed by atoms with E-state index in [9.17, 15) is 19.6 Å². The molecule has 0 bridgehead atoms. The van der Waals surface area contributed by atoms with Crippen LogP contribution in [0.4, 0.5) is 0 Å². The number of ether oxygens (including phenoxy) is 1. The Morgan fingerprint density at radius 1 is 1.31 bits per heavy atom. The average molecular weight is 414 g/mol. The molecule has 2 amide bonds. The van der Waals surface area contributed by atoms with Crippen molar-refractivity contribution in [1.29, 1.82) is 5.26 Å². The highest BCUT2D eigenvalue weighted by atomic mass is 32.1. The summed E-state index contributed by atoms with van der Waals surface area (Å²) in [5.41, 5.74) is 6.88. The number of carbonyl (C=O) groups excluding carboxylic acids is 3. The number of carbonyl (C=O) groups is 3. The molecular weight excluding hydrogens is 392 g/mol. The van der Waals surface area contributed by atoms with E-state index in [1.807, 2.05) is 26.0 Å². The third-order valence-corrected chi connectivity index (χ3v) is 4.96. The Hall–Kier alpha value is -3.38. The summed E-state index contributed by atoms with van der Waals surface area (Å²) in [5.74, 6) is -2.10. The van der Waals surface area contributed by atoms with Crippen molar-refractivity contribution in [2.45, 2.75) is 33.7 Å². The number of aromatic nitrogens is 1. The van der Waals surface area contributed by atoms with Crippen LogP contribution in [0.3, 0.4) is 0 Å². The molecule has 2 N–H and O–H groups in total. The third kappa shape index (κ3) is 5.80. The summed E-state index contributed by atoms with van der Waals surface area (Å²) < 4.78 is 6.99. The first kappa shape index (κ1) is 21.9. The molecule has 0 aliphatic carbocycles. The molecule has 0 atom stereocenters. The average Bonchev–Trinajstić information content (AvgIpc) is 3.33. The van der Waals surface area contributed by atoms with Gasteiger partial charge >= 0.3 is 5.97 Å². The number of nitriles is 1. The van der Waals surface area contributed by atoms with Gasteiger partial charge in [-0.2, -0.15) is 5.26 Å². The van der Waals surface area contributed by atoms with Gasteiger partial charge < -0.3 is 9.30 Å². The Labute approximate surface area is 172 Å². The second-order valence-electron chi connectivity index (χ2n) is 6.20. The summed E-state index contributed by atoms with van der Waals surface area (Å²) in [6.07, 6.45) is 2.41. The van der Waals surface area contributed by atoms with E-state index in [1.165, 1.54) is 17.4 Å². The molecule has 0 saturated heterocycles. The van der Waals surface area contributed by atoms with Gasteiger partial charge in [-0.05, 0) is 49.4 Å². The van der Waals surface area contributed by atoms with Crippen LogP contribution in [0.2, 0.25) is 0 Å². The predicted octanol–water partition coefficient (Wildman–Crippen LogP) is 2.49. The molecule has 0 aliphatic rings. The summed E-state index contributed by atoms with van der Waals surface area (Å²) >= 11 is 1.22. The molecule has 29 heavy (non-hydrogen) atoms.